The predicted molar refractivity (Wildman–Crippen MR) is 83.9 cm³/mol. The van der Waals surface area contributed by atoms with Gasteiger partial charge in [0.05, 0.1) is 18.6 Å². The molecule has 0 saturated heterocycles. The van der Waals surface area contributed by atoms with E-state index in [0.29, 0.717) is 6.04 Å². The summed E-state index contributed by atoms with van der Waals surface area (Å²) >= 11 is 0. The van der Waals surface area contributed by atoms with Gasteiger partial charge in [-0.25, -0.2) is 0 Å². The molecule has 1 fully saturated rings. The average molecular weight is 278 g/mol. The first kappa shape index (κ1) is 15.6. The molecule has 0 radical (unpaired) electrons. The molecule has 20 heavy (non-hydrogen) atoms. The van der Waals surface area contributed by atoms with Crippen LogP contribution < -0.4 is 5.32 Å². The second-order valence-electron chi connectivity index (χ2n) is 6.36. The molecule has 1 N–H and O–H groups in total. The number of likely N-dealkylation sites (N-methyl/N-ethyl adjacent to an activating group) is 1. The standard InChI is InChI=1S/C17H30N2O/c1-4-12-18-16(15-9-13-20-14-15)17(19(2)3)10-7-5-6-8-11-17/h9,13-14,16,18H,4-8,10-12H2,1-3H3. The van der Waals surface area contributed by atoms with Crippen molar-refractivity contribution in [1.29, 1.82) is 0 Å². The van der Waals surface area contributed by atoms with E-state index in [0.717, 1.165) is 13.0 Å². The third-order valence-corrected chi connectivity index (χ3v) is 4.87. The van der Waals surface area contributed by atoms with Crippen molar-refractivity contribution in [3.63, 3.8) is 0 Å². The number of furan rings is 1. The van der Waals surface area contributed by atoms with Gasteiger partial charge in [-0.15, -0.1) is 0 Å². The van der Waals surface area contributed by atoms with E-state index in [1.165, 1.54) is 44.1 Å². The smallest absolute Gasteiger partial charge is 0.0951 e. The fourth-order valence-corrected chi connectivity index (χ4v) is 3.68. The molecule has 3 heteroatoms. The van der Waals surface area contributed by atoms with Crippen molar-refractivity contribution in [2.24, 2.45) is 0 Å². The molecule has 1 unspecified atom stereocenters. The van der Waals surface area contributed by atoms with Crippen molar-refractivity contribution in [2.45, 2.75) is 63.5 Å². The molecule has 1 aliphatic carbocycles. The molecular formula is C17H30N2O. The lowest BCUT2D eigenvalue weighted by Crippen LogP contribution is -2.53. The highest BCUT2D eigenvalue weighted by Gasteiger charge is 2.41. The van der Waals surface area contributed by atoms with E-state index in [9.17, 15) is 0 Å². The first-order valence-electron chi connectivity index (χ1n) is 8.13. The fourth-order valence-electron chi connectivity index (χ4n) is 3.68. The van der Waals surface area contributed by atoms with Gasteiger partial charge in [0, 0.05) is 11.1 Å². The van der Waals surface area contributed by atoms with Gasteiger partial charge < -0.3 is 14.6 Å². The van der Waals surface area contributed by atoms with Crippen LogP contribution >= 0.6 is 0 Å². The molecule has 0 aromatic carbocycles. The predicted octanol–water partition coefficient (Wildman–Crippen LogP) is 3.97. The van der Waals surface area contributed by atoms with E-state index < -0.39 is 0 Å². The van der Waals surface area contributed by atoms with Crippen LogP contribution in [0.3, 0.4) is 0 Å². The Morgan fingerprint density at radius 2 is 1.95 bits per heavy atom. The third-order valence-electron chi connectivity index (χ3n) is 4.87. The second-order valence-corrected chi connectivity index (χ2v) is 6.36. The van der Waals surface area contributed by atoms with Gasteiger partial charge in [0.25, 0.3) is 0 Å². The van der Waals surface area contributed by atoms with Gasteiger partial charge in [-0.05, 0) is 46.0 Å². The quantitative estimate of drug-likeness (QED) is 0.798. The lowest BCUT2D eigenvalue weighted by atomic mass is 9.78. The number of rotatable bonds is 6. The summed E-state index contributed by atoms with van der Waals surface area (Å²) in [5.74, 6) is 0. The summed E-state index contributed by atoms with van der Waals surface area (Å²) in [5, 5.41) is 3.79. The summed E-state index contributed by atoms with van der Waals surface area (Å²) in [6.45, 7) is 3.29. The molecule has 1 saturated carbocycles. The molecular weight excluding hydrogens is 248 g/mol. The Hall–Kier alpha value is -0.800. The molecule has 0 spiro atoms. The Balaban J connectivity index is 2.30. The van der Waals surface area contributed by atoms with E-state index >= 15 is 0 Å². The van der Waals surface area contributed by atoms with Gasteiger partial charge in [0.1, 0.15) is 0 Å². The average Bonchev–Trinajstić information content (AvgIpc) is 2.84. The van der Waals surface area contributed by atoms with Crippen LogP contribution in [0.4, 0.5) is 0 Å². The first-order valence-corrected chi connectivity index (χ1v) is 8.13. The zero-order chi connectivity index (χ0) is 14.4. The molecule has 0 aliphatic heterocycles. The largest absolute Gasteiger partial charge is 0.472 e. The Morgan fingerprint density at radius 1 is 1.25 bits per heavy atom. The van der Waals surface area contributed by atoms with Gasteiger partial charge in [-0.1, -0.05) is 32.6 Å². The van der Waals surface area contributed by atoms with E-state index in [-0.39, 0.29) is 5.54 Å². The zero-order valence-corrected chi connectivity index (χ0v) is 13.3. The van der Waals surface area contributed by atoms with Crippen LogP contribution in [-0.4, -0.2) is 31.1 Å². The SMILES string of the molecule is CCCNC(c1ccoc1)C1(N(C)C)CCCCCC1. The molecule has 1 aromatic heterocycles. The Morgan fingerprint density at radius 3 is 2.45 bits per heavy atom. The minimum atomic E-state index is 0.218. The molecule has 0 bridgehead atoms. The van der Waals surface area contributed by atoms with Gasteiger partial charge in [0.15, 0.2) is 0 Å². The highest BCUT2D eigenvalue weighted by atomic mass is 16.3. The third kappa shape index (κ3) is 3.26. The normalized spacial score (nSPS) is 20.8. The highest BCUT2D eigenvalue weighted by molar-refractivity contribution is 5.19. The number of hydrogen-bond donors (Lipinski definition) is 1. The van der Waals surface area contributed by atoms with Crippen LogP contribution in [0.5, 0.6) is 0 Å². The maximum absolute atomic E-state index is 5.36. The molecule has 1 atom stereocenters. The van der Waals surface area contributed by atoms with E-state index in [2.05, 4.69) is 37.3 Å². The van der Waals surface area contributed by atoms with Gasteiger partial charge in [-0.3, -0.25) is 0 Å². The maximum atomic E-state index is 5.36. The topological polar surface area (TPSA) is 28.4 Å². The van der Waals surface area contributed by atoms with Crippen molar-refractivity contribution < 1.29 is 4.42 Å². The monoisotopic (exact) mass is 278 g/mol. The lowest BCUT2D eigenvalue weighted by molar-refractivity contribution is 0.0797. The van der Waals surface area contributed by atoms with E-state index in [4.69, 9.17) is 4.42 Å². The van der Waals surface area contributed by atoms with Crippen LogP contribution in [0.25, 0.3) is 0 Å². The zero-order valence-electron chi connectivity index (χ0n) is 13.3. The first-order chi connectivity index (χ1) is 9.70. The lowest BCUT2D eigenvalue weighted by Gasteiger charge is -2.46. The van der Waals surface area contributed by atoms with Gasteiger partial charge >= 0.3 is 0 Å². The molecule has 2 rings (SSSR count). The minimum Gasteiger partial charge on any atom is -0.472 e. The van der Waals surface area contributed by atoms with Crippen molar-refractivity contribution in [1.82, 2.24) is 10.2 Å². The Bertz CT molecular complexity index is 364. The molecule has 114 valence electrons. The van der Waals surface area contributed by atoms with E-state index in [1.54, 1.807) is 6.26 Å². The number of nitrogens with zero attached hydrogens (tertiary/aromatic N) is 1. The van der Waals surface area contributed by atoms with Gasteiger partial charge in [-0.2, -0.15) is 0 Å². The van der Waals surface area contributed by atoms with Crippen molar-refractivity contribution in [3.8, 4) is 0 Å². The molecule has 1 heterocycles. The highest BCUT2D eigenvalue weighted by Crippen LogP contribution is 2.41. The van der Waals surface area contributed by atoms with Crippen molar-refractivity contribution >= 4 is 0 Å². The summed E-state index contributed by atoms with van der Waals surface area (Å²) < 4.78 is 5.36. The molecule has 1 aromatic rings. The summed E-state index contributed by atoms with van der Waals surface area (Å²) in [6.07, 6.45) is 12.8. The minimum absolute atomic E-state index is 0.218. The molecule has 3 nitrogen and oxygen atoms in total. The number of nitrogens with one attached hydrogen (secondary N) is 1. The van der Waals surface area contributed by atoms with Crippen molar-refractivity contribution in [2.75, 3.05) is 20.6 Å². The molecule has 1 aliphatic rings. The van der Waals surface area contributed by atoms with Crippen LogP contribution in [0.2, 0.25) is 0 Å². The summed E-state index contributed by atoms with van der Waals surface area (Å²) in [6, 6.07) is 2.50. The van der Waals surface area contributed by atoms with Crippen LogP contribution in [0.15, 0.2) is 23.0 Å². The fraction of sp³-hybridized carbons (Fsp3) is 0.765. The summed E-state index contributed by atoms with van der Waals surface area (Å²) in [4.78, 5) is 2.46. The second kappa shape index (κ2) is 7.28. The van der Waals surface area contributed by atoms with Crippen LogP contribution in [0, 0.1) is 0 Å². The Kier molecular flexibility index (Phi) is 5.67. The Labute approximate surface area is 123 Å². The summed E-state index contributed by atoms with van der Waals surface area (Å²) in [5.41, 5.74) is 1.52. The maximum Gasteiger partial charge on any atom is 0.0951 e. The van der Waals surface area contributed by atoms with Gasteiger partial charge in [0.2, 0.25) is 0 Å². The molecule has 0 amide bonds. The van der Waals surface area contributed by atoms with Crippen molar-refractivity contribution in [3.05, 3.63) is 24.2 Å². The summed E-state index contributed by atoms with van der Waals surface area (Å²) in [7, 11) is 4.48. The van der Waals surface area contributed by atoms with Crippen LogP contribution in [0.1, 0.15) is 63.5 Å². The van der Waals surface area contributed by atoms with Crippen LogP contribution in [-0.2, 0) is 0 Å². The number of hydrogen-bond acceptors (Lipinski definition) is 3. The van der Waals surface area contributed by atoms with E-state index in [1.807, 2.05) is 6.26 Å².